The summed E-state index contributed by atoms with van der Waals surface area (Å²) in [6.07, 6.45) is 4.61. The van der Waals surface area contributed by atoms with Gasteiger partial charge in [-0.2, -0.15) is 0 Å². The fraction of sp³-hybridized carbons (Fsp3) is 0.321. The van der Waals surface area contributed by atoms with E-state index in [2.05, 4.69) is 22.2 Å². The summed E-state index contributed by atoms with van der Waals surface area (Å²) >= 11 is 0. The Kier molecular flexibility index (Phi) is 9.16. The third-order valence-corrected chi connectivity index (χ3v) is 6.21. The lowest BCUT2D eigenvalue weighted by molar-refractivity contribution is 0.0947. The van der Waals surface area contributed by atoms with Crippen LogP contribution in [0.2, 0.25) is 0 Å². The van der Waals surface area contributed by atoms with E-state index in [0.717, 1.165) is 0 Å². The zero-order valence-corrected chi connectivity index (χ0v) is 21.4. The minimum absolute atomic E-state index is 0.0689. The number of anilines is 1. The molecule has 3 rings (SSSR count). The lowest BCUT2D eigenvalue weighted by atomic mass is 9.97. The Balaban J connectivity index is 1.91. The molecule has 2 amide bonds. The molecule has 1 fully saturated rings. The van der Waals surface area contributed by atoms with Gasteiger partial charge >= 0.3 is 0 Å². The van der Waals surface area contributed by atoms with Gasteiger partial charge in [0.25, 0.3) is 11.8 Å². The first-order valence-corrected chi connectivity index (χ1v) is 12.2. The molecule has 0 saturated carbocycles. The molecule has 0 spiro atoms. The van der Waals surface area contributed by atoms with Crippen LogP contribution >= 0.6 is 0 Å². The third kappa shape index (κ3) is 6.41. The van der Waals surface area contributed by atoms with E-state index < -0.39 is 17.9 Å². The van der Waals surface area contributed by atoms with Gasteiger partial charge in [-0.15, -0.1) is 0 Å². The van der Waals surface area contributed by atoms with Crippen molar-refractivity contribution in [2.24, 2.45) is 5.92 Å². The van der Waals surface area contributed by atoms with Gasteiger partial charge in [0, 0.05) is 36.7 Å². The number of nitrogen functional groups attached to an aromatic ring is 1. The van der Waals surface area contributed by atoms with E-state index in [1.807, 2.05) is 11.8 Å². The number of amides is 2. The predicted molar refractivity (Wildman–Crippen MR) is 142 cm³/mol. The molecule has 37 heavy (non-hydrogen) atoms. The Morgan fingerprint density at radius 3 is 2.68 bits per heavy atom. The van der Waals surface area contributed by atoms with E-state index in [4.69, 9.17) is 5.73 Å². The molecule has 4 N–H and O–H groups in total. The molecule has 7 nitrogen and oxygen atoms in total. The topological polar surface area (TPSA) is 100 Å². The molecule has 0 aliphatic carbocycles. The number of halogens is 2. The number of nitrogens with two attached hydrogens (primary N) is 1. The zero-order valence-electron chi connectivity index (χ0n) is 21.4. The molecule has 1 aliphatic heterocycles. The van der Waals surface area contributed by atoms with Crippen molar-refractivity contribution >= 4 is 17.5 Å². The fourth-order valence-electron chi connectivity index (χ4n) is 4.21. The van der Waals surface area contributed by atoms with Gasteiger partial charge in [0.2, 0.25) is 0 Å². The highest BCUT2D eigenvalue weighted by molar-refractivity contribution is 5.99. The van der Waals surface area contributed by atoms with E-state index in [1.54, 1.807) is 32.1 Å². The molecule has 1 aliphatic rings. The standard InChI is InChI=1S/C28H33F2N5O2/c1-5-8-25(35-14-13-20(29)17(4)16-35)23(6-2)34-28(37)26-22(31)11-12-24(33-26)19-15-18(9-10-21(19)30)27(36)32-7-3/h5-6,8-12,15,17,20H,1,7,13-14,16,31H2,2-4H3,(H,32,36)(H,34,37)/b23-6+,25-8+/t17-,20+/m1/s1. The number of pyridine rings is 1. The van der Waals surface area contributed by atoms with E-state index in [0.29, 0.717) is 37.4 Å². The largest absolute Gasteiger partial charge is 0.397 e. The van der Waals surface area contributed by atoms with Crippen molar-refractivity contribution in [2.45, 2.75) is 33.4 Å². The van der Waals surface area contributed by atoms with Crippen molar-refractivity contribution in [2.75, 3.05) is 25.4 Å². The number of aromatic nitrogens is 1. The van der Waals surface area contributed by atoms with Crippen LogP contribution in [0.5, 0.6) is 0 Å². The molecule has 196 valence electrons. The second-order valence-corrected chi connectivity index (χ2v) is 8.86. The average molecular weight is 510 g/mol. The lowest BCUT2D eigenvalue weighted by Crippen LogP contribution is -2.41. The molecule has 1 aromatic heterocycles. The summed E-state index contributed by atoms with van der Waals surface area (Å²) in [6.45, 7) is 10.6. The van der Waals surface area contributed by atoms with E-state index in [9.17, 15) is 18.4 Å². The summed E-state index contributed by atoms with van der Waals surface area (Å²) in [7, 11) is 0. The first-order chi connectivity index (χ1) is 17.7. The molecule has 1 saturated heterocycles. The Bertz CT molecular complexity index is 1240. The fourth-order valence-corrected chi connectivity index (χ4v) is 4.21. The van der Waals surface area contributed by atoms with Gasteiger partial charge in [0.15, 0.2) is 5.69 Å². The molecule has 0 radical (unpaired) electrons. The lowest BCUT2D eigenvalue weighted by Gasteiger charge is -2.37. The Morgan fingerprint density at radius 2 is 2.03 bits per heavy atom. The van der Waals surface area contributed by atoms with E-state index in [-0.39, 0.29) is 40.0 Å². The SMILES string of the molecule is C=C/C=C(\C(=C/C)NC(=O)c1nc(-c2cc(C(=O)NCC)ccc2F)ccc1N)N1CC[C@H](F)[C@H](C)C1. The van der Waals surface area contributed by atoms with Crippen LogP contribution in [0, 0.1) is 11.7 Å². The van der Waals surface area contributed by atoms with Crippen molar-refractivity contribution in [3.8, 4) is 11.3 Å². The van der Waals surface area contributed by atoms with E-state index in [1.165, 1.54) is 30.3 Å². The number of carbonyl (C=O) groups is 2. The van der Waals surface area contributed by atoms with Crippen molar-refractivity contribution in [1.82, 2.24) is 20.5 Å². The molecule has 2 heterocycles. The first-order valence-electron chi connectivity index (χ1n) is 12.2. The Labute approximate surface area is 216 Å². The number of alkyl halides is 1. The van der Waals surface area contributed by atoms with Crippen molar-refractivity contribution in [3.63, 3.8) is 0 Å². The quantitative estimate of drug-likeness (QED) is 0.452. The summed E-state index contributed by atoms with van der Waals surface area (Å²) < 4.78 is 28.7. The van der Waals surface area contributed by atoms with Crippen molar-refractivity contribution < 1.29 is 18.4 Å². The molecular formula is C28H33F2N5O2. The average Bonchev–Trinajstić information content (AvgIpc) is 2.88. The van der Waals surface area contributed by atoms with Crippen LogP contribution in [0.1, 0.15) is 48.0 Å². The van der Waals surface area contributed by atoms with Crippen LogP contribution in [0.3, 0.4) is 0 Å². The van der Waals surface area contributed by atoms with Gasteiger partial charge in [-0.1, -0.05) is 25.7 Å². The maximum absolute atomic E-state index is 14.7. The summed E-state index contributed by atoms with van der Waals surface area (Å²) in [4.78, 5) is 31.9. The summed E-state index contributed by atoms with van der Waals surface area (Å²) in [5.41, 5.74) is 7.77. The number of hydrogen-bond acceptors (Lipinski definition) is 5. The van der Waals surface area contributed by atoms with Gasteiger partial charge in [0.05, 0.1) is 22.8 Å². The number of benzene rings is 1. The van der Waals surface area contributed by atoms with Crippen molar-refractivity contribution in [1.29, 1.82) is 0 Å². The smallest absolute Gasteiger partial charge is 0.276 e. The van der Waals surface area contributed by atoms with Crippen LogP contribution < -0.4 is 16.4 Å². The highest BCUT2D eigenvalue weighted by Crippen LogP contribution is 2.27. The maximum atomic E-state index is 14.7. The molecule has 2 aromatic rings. The normalized spacial score (nSPS) is 18.4. The Morgan fingerprint density at radius 1 is 1.27 bits per heavy atom. The van der Waals surface area contributed by atoms with Gasteiger partial charge in [0.1, 0.15) is 12.0 Å². The van der Waals surface area contributed by atoms with Crippen LogP contribution in [0.4, 0.5) is 14.5 Å². The zero-order chi connectivity index (χ0) is 27.1. The highest BCUT2D eigenvalue weighted by atomic mass is 19.1. The van der Waals surface area contributed by atoms with Crippen LogP contribution in [-0.4, -0.2) is 47.5 Å². The minimum atomic E-state index is -0.872. The summed E-state index contributed by atoms with van der Waals surface area (Å²) in [5, 5.41) is 5.51. The second-order valence-electron chi connectivity index (χ2n) is 8.86. The minimum Gasteiger partial charge on any atom is -0.397 e. The van der Waals surface area contributed by atoms with Crippen molar-refractivity contribution in [3.05, 3.63) is 83.6 Å². The van der Waals surface area contributed by atoms with Gasteiger partial charge in [-0.3, -0.25) is 9.59 Å². The number of nitrogens with zero attached hydrogens (tertiary/aromatic N) is 2. The molecule has 0 unspecified atom stereocenters. The monoisotopic (exact) mass is 509 g/mol. The number of likely N-dealkylation sites (tertiary alicyclic amines) is 1. The number of nitrogens with one attached hydrogen (secondary N) is 2. The number of rotatable bonds is 8. The predicted octanol–water partition coefficient (Wildman–Crippen LogP) is 4.60. The Hall–Kier alpha value is -4.01. The van der Waals surface area contributed by atoms with Crippen LogP contribution in [0.25, 0.3) is 11.3 Å². The molecule has 9 heteroatoms. The number of piperidine rings is 1. The molecular weight excluding hydrogens is 476 g/mol. The molecule has 2 atom stereocenters. The number of hydrogen-bond donors (Lipinski definition) is 3. The molecule has 0 bridgehead atoms. The molecule has 1 aromatic carbocycles. The van der Waals surface area contributed by atoms with Gasteiger partial charge < -0.3 is 21.3 Å². The van der Waals surface area contributed by atoms with Crippen LogP contribution in [-0.2, 0) is 0 Å². The summed E-state index contributed by atoms with van der Waals surface area (Å²) in [5.74, 6) is -1.68. The van der Waals surface area contributed by atoms with Crippen LogP contribution in [0.15, 0.2) is 66.5 Å². The van der Waals surface area contributed by atoms with E-state index >= 15 is 0 Å². The maximum Gasteiger partial charge on any atom is 0.276 e. The highest BCUT2D eigenvalue weighted by Gasteiger charge is 2.28. The number of allylic oxidation sites excluding steroid dienone is 3. The summed E-state index contributed by atoms with van der Waals surface area (Å²) in [6, 6.07) is 6.92. The second kappa shape index (κ2) is 12.3. The number of carbonyl (C=O) groups excluding carboxylic acids is 2. The van der Waals surface area contributed by atoms with Gasteiger partial charge in [-0.25, -0.2) is 13.8 Å². The van der Waals surface area contributed by atoms with Gasteiger partial charge in [-0.05, 0) is 56.7 Å². The first kappa shape index (κ1) is 27.6. The third-order valence-electron chi connectivity index (χ3n) is 6.21.